The Morgan fingerprint density at radius 2 is 1.71 bits per heavy atom. The molecule has 0 aliphatic carbocycles. The number of hydrogen-bond acceptors (Lipinski definition) is 4. The highest BCUT2D eigenvalue weighted by atomic mass is 16.5. The number of rotatable bonds is 8. The zero-order valence-electron chi connectivity index (χ0n) is 17.2. The molecular weight excluding hydrogens is 354 g/mol. The topological polar surface area (TPSA) is 64.6 Å². The molecule has 2 aromatic rings. The maximum atomic E-state index is 12.5. The maximum Gasteiger partial charge on any atom is 0.306 e. The Hall–Kier alpha value is -2.82. The average Bonchev–Trinajstić information content (AvgIpc) is 2.67. The number of para-hydroxylation sites is 1. The highest BCUT2D eigenvalue weighted by molar-refractivity contribution is 5.96. The van der Waals surface area contributed by atoms with Crippen molar-refractivity contribution in [2.45, 2.75) is 52.6 Å². The van der Waals surface area contributed by atoms with Crippen LogP contribution in [0.3, 0.4) is 0 Å². The second-order valence-electron chi connectivity index (χ2n) is 7.16. The van der Waals surface area contributed by atoms with Crippen LogP contribution >= 0.6 is 0 Å². The van der Waals surface area contributed by atoms with Gasteiger partial charge in [-0.1, -0.05) is 44.2 Å². The first-order chi connectivity index (χ1) is 13.3. The van der Waals surface area contributed by atoms with Gasteiger partial charge in [-0.3, -0.25) is 9.59 Å². The molecule has 0 heterocycles. The normalized spacial score (nSPS) is 11.8. The van der Waals surface area contributed by atoms with Crippen LogP contribution in [0.5, 0.6) is 5.75 Å². The lowest BCUT2D eigenvalue weighted by Gasteiger charge is -2.19. The molecule has 0 bridgehead atoms. The Balaban J connectivity index is 1.90. The van der Waals surface area contributed by atoms with Gasteiger partial charge in [0.2, 0.25) is 0 Å². The maximum absolute atomic E-state index is 12.5. The molecule has 0 unspecified atom stereocenters. The van der Waals surface area contributed by atoms with Crippen molar-refractivity contribution in [1.82, 2.24) is 0 Å². The van der Waals surface area contributed by atoms with Gasteiger partial charge in [-0.2, -0.15) is 0 Å². The lowest BCUT2D eigenvalue weighted by atomic mass is 9.98. The van der Waals surface area contributed by atoms with Crippen molar-refractivity contribution < 1.29 is 19.1 Å². The average molecular weight is 383 g/mol. The summed E-state index contributed by atoms with van der Waals surface area (Å²) in [5.74, 6) is 0.326. The molecule has 0 saturated carbocycles. The minimum absolute atomic E-state index is 0.214. The van der Waals surface area contributed by atoms with Gasteiger partial charge in [0, 0.05) is 12.1 Å². The van der Waals surface area contributed by atoms with Gasteiger partial charge >= 0.3 is 5.97 Å². The molecule has 0 aliphatic heterocycles. The number of carbonyl (C=O) groups excluding carboxylic acids is 2. The van der Waals surface area contributed by atoms with Crippen molar-refractivity contribution in [3.05, 3.63) is 59.2 Å². The fraction of sp³-hybridized carbons (Fsp3) is 0.391. The van der Waals surface area contributed by atoms with E-state index >= 15 is 0 Å². The van der Waals surface area contributed by atoms with E-state index in [9.17, 15) is 9.59 Å². The molecule has 0 spiro atoms. The molecular formula is C23H29NO4. The van der Waals surface area contributed by atoms with Gasteiger partial charge in [0.25, 0.3) is 5.91 Å². The van der Waals surface area contributed by atoms with E-state index in [1.54, 1.807) is 14.0 Å². The van der Waals surface area contributed by atoms with Crippen LogP contribution in [0.4, 0.5) is 5.69 Å². The highest BCUT2D eigenvalue weighted by Gasteiger charge is 2.20. The molecule has 0 saturated heterocycles. The van der Waals surface area contributed by atoms with Crippen LogP contribution < -0.4 is 10.1 Å². The van der Waals surface area contributed by atoms with Gasteiger partial charge in [-0.25, -0.2) is 0 Å². The van der Waals surface area contributed by atoms with Gasteiger partial charge in [-0.05, 0) is 55.0 Å². The van der Waals surface area contributed by atoms with Gasteiger partial charge < -0.3 is 14.8 Å². The Morgan fingerprint density at radius 1 is 1.04 bits per heavy atom. The summed E-state index contributed by atoms with van der Waals surface area (Å²) in [6.07, 6.45) is -0.0964. The van der Waals surface area contributed by atoms with E-state index in [-0.39, 0.29) is 18.2 Å². The predicted octanol–water partition coefficient (Wildman–Crippen LogP) is 4.63. The molecule has 1 atom stereocenters. The van der Waals surface area contributed by atoms with Gasteiger partial charge in [-0.15, -0.1) is 0 Å². The number of nitrogens with one attached hydrogen (secondary N) is 1. The smallest absolute Gasteiger partial charge is 0.306 e. The summed E-state index contributed by atoms with van der Waals surface area (Å²) in [6, 6.07) is 13.5. The molecule has 0 radical (unpaired) electrons. The van der Waals surface area contributed by atoms with Gasteiger partial charge in [0.15, 0.2) is 6.10 Å². The standard InChI is InChI=1S/C23H29NO4/c1-15(2)20-8-6-7-16(3)22(20)24-23(26)17(4)28-21(25)14-11-18-9-12-19(27-5)13-10-18/h6-10,12-13,15,17H,11,14H2,1-5H3,(H,24,26)/t17-/m1/s1. The van der Waals surface area contributed by atoms with Crippen LogP contribution in [0.15, 0.2) is 42.5 Å². The Labute approximate surface area is 167 Å². The molecule has 1 N–H and O–H groups in total. The predicted molar refractivity (Wildman–Crippen MR) is 111 cm³/mol. The molecule has 0 aromatic heterocycles. The van der Waals surface area contributed by atoms with Crippen LogP contribution in [-0.2, 0) is 20.7 Å². The van der Waals surface area contributed by atoms with Crippen LogP contribution in [0.2, 0.25) is 0 Å². The van der Waals surface area contributed by atoms with Crippen LogP contribution in [0.25, 0.3) is 0 Å². The third-order valence-corrected chi connectivity index (χ3v) is 4.63. The van der Waals surface area contributed by atoms with Crippen molar-refractivity contribution in [2.24, 2.45) is 0 Å². The third kappa shape index (κ3) is 5.84. The van der Waals surface area contributed by atoms with Crippen LogP contribution in [0.1, 0.15) is 49.8 Å². The second kappa shape index (κ2) is 9.93. The SMILES string of the molecule is COc1ccc(CCC(=O)O[C@H](C)C(=O)Nc2c(C)cccc2C(C)C)cc1. The fourth-order valence-electron chi connectivity index (χ4n) is 2.92. The number of hydrogen-bond donors (Lipinski definition) is 1. The van der Waals surface area contributed by atoms with Crippen molar-refractivity contribution in [3.8, 4) is 5.75 Å². The summed E-state index contributed by atoms with van der Waals surface area (Å²) < 4.78 is 10.4. The van der Waals surface area contributed by atoms with Crippen molar-refractivity contribution >= 4 is 17.6 Å². The Morgan fingerprint density at radius 3 is 2.32 bits per heavy atom. The van der Waals surface area contributed by atoms with E-state index in [1.807, 2.05) is 49.4 Å². The number of anilines is 1. The van der Waals surface area contributed by atoms with Crippen molar-refractivity contribution in [1.29, 1.82) is 0 Å². The molecule has 0 fully saturated rings. The van der Waals surface area contributed by atoms with Crippen LogP contribution in [-0.4, -0.2) is 25.1 Å². The number of aryl methyl sites for hydroxylation is 2. The first kappa shape index (κ1) is 21.5. The minimum Gasteiger partial charge on any atom is -0.497 e. The summed E-state index contributed by atoms with van der Waals surface area (Å²) in [7, 11) is 1.61. The number of benzene rings is 2. The number of carbonyl (C=O) groups is 2. The zero-order chi connectivity index (χ0) is 20.7. The van der Waals surface area contributed by atoms with E-state index in [0.29, 0.717) is 6.42 Å². The number of methoxy groups -OCH3 is 1. The summed E-state index contributed by atoms with van der Waals surface area (Å²) >= 11 is 0. The fourth-order valence-corrected chi connectivity index (χ4v) is 2.92. The van der Waals surface area contributed by atoms with E-state index in [4.69, 9.17) is 9.47 Å². The Kier molecular flexibility index (Phi) is 7.61. The van der Waals surface area contributed by atoms with E-state index < -0.39 is 12.1 Å². The van der Waals surface area contributed by atoms with E-state index in [0.717, 1.165) is 28.1 Å². The lowest BCUT2D eigenvalue weighted by molar-refractivity contribution is -0.153. The van der Waals surface area contributed by atoms with Crippen molar-refractivity contribution in [2.75, 3.05) is 12.4 Å². The summed E-state index contributed by atoms with van der Waals surface area (Å²) in [5, 5.41) is 2.92. The lowest BCUT2D eigenvalue weighted by Crippen LogP contribution is -2.30. The summed E-state index contributed by atoms with van der Waals surface area (Å²) in [6.45, 7) is 7.70. The molecule has 5 nitrogen and oxygen atoms in total. The monoisotopic (exact) mass is 383 g/mol. The third-order valence-electron chi connectivity index (χ3n) is 4.63. The van der Waals surface area contributed by atoms with E-state index in [2.05, 4.69) is 19.2 Å². The van der Waals surface area contributed by atoms with Crippen molar-refractivity contribution in [3.63, 3.8) is 0 Å². The molecule has 2 aromatic carbocycles. The molecule has 5 heteroatoms. The largest absolute Gasteiger partial charge is 0.497 e. The molecule has 1 amide bonds. The molecule has 2 rings (SSSR count). The first-order valence-electron chi connectivity index (χ1n) is 9.54. The highest BCUT2D eigenvalue weighted by Crippen LogP contribution is 2.27. The molecule has 0 aliphatic rings. The summed E-state index contributed by atoms with van der Waals surface area (Å²) in [4.78, 5) is 24.6. The summed E-state index contributed by atoms with van der Waals surface area (Å²) in [5.41, 5.74) is 3.85. The Bertz CT molecular complexity index is 812. The molecule has 150 valence electrons. The van der Waals surface area contributed by atoms with Gasteiger partial charge in [0.05, 0.1) is 7.11 Å². The number of esters is 1. The quantitative estimate of drug-likeness (QED) is 0.675. The minimum atomic E-state index is -0.858. The zero-order valence-corrected chi connectivity index (χ0v) is 17.2. The number of ether oxygens (including phenoxy) is 2. The van der Waals surface area contributed by atoms with E-state index in [1.165, 1.54) is 0 Å². The van der Waals surface area contributed by atoms with Crippen LogP contribution in [0, 0.1) is 6.92 Å². The first-order valence-corrected chi connectivity index (χ1v) is 9.54. The second-order valence-corrected chi connectivity index (χ2v) is 7.16. The molecule has 28 heavy (non-hydrogen) atoms. The van der Waals surface area contributed by atoms with Gasteiger partial charge in [0.1, 0.15) is 5.75 Å². The number of amides is 1.